The Balaban J connectivity index is 1.68. The predicted octanol–water partition coefficient (Wildman–Crippen LogP) is 4.85. The molecule has 3 nitrogen and oxygen atoms in total. The van der Waals surface area contributed by atoms with E-state index in [0.29, 0.717) is 11.5 Å². The van der Waals surface area contributed by atoms with Gasteiger partial charge in [-0.25, -0.2) is 0 Å². The molecular weight excluding hydrogens is 296 g/mol. The van der Waals surface area contributed by atoms with Gasteiger partial charge in [-0.15, -0.1) is 0 Å². The van der Waals surface area contributed by atoms with Crippen LogP contribution in [0.5, 0.6) is 0 Å². The summed E-state index contributed by atoms with van der Waals surface area (Å²) in [5.74, 6) is 0.658. The Bertz CT molecular complexity index is 923. The molecule has 1 aliphatic carbocycles. The third kappa shape index (κ3) is 2.60. The van der Waals surface area contributed by atoms with Crippen LogP contribution in [0.4, 0.5) is 5.69 Å². The highest BCUT2D eigenvalue weighted by Gasteiger charge is 2.20. The van der Waals surface area contributed by atoms with E-state index in [0.717, 1.165) is 29.6 Å². The van der Waals surface area contributed by atoms with Gasteiger partial charge in [-0.1, -0.05) is 25.1 Å². The monoisotopic (exact) mass is 318 g/mol. The average molecular weight is 318 g/mol. The van der Waals surface area contributed by atoms with Gasteiger partial charge < -0.3 is 10.3 Å². The molecule has 3 heteroatoms. The van der Waals surface area contributed by atoms with E-state index in [9.17, 15) is 4.79 Å². The van der Waals surface area contributed by atoms with Gasteiger partial charge in [0.15, 0.2) is 0 Å². The summed E-state index contributed by atoms with van der Waals surface area (Å²) in [5, 5.41) is 4.23. The molecule has 0 bridgehead atoms. The van der Waals surface area contributed by atoms with E-state index >= 15 is 0 Å². The average Bonchev–Trinajstić information content (AvgIpc) is 2.94. The molecule has 3 aromatic rings. The van der Waals surface area contributed by atoms with Crippen molar-refractivity contribution >= 4 is 22.5 Å². The zero-order chi connectivity index (χ0) is 16.7. The molecular formula is C21H22N2O. The number of aromatic nitrogens is 1. The number of fused-ring (bicyclic) bond motifs is 3. The fourth-order valence-corrected chi connectivity index (χ4v) is 3.64. The lowest BCUT2D eigenvalue weighted by Gasteiger charge is -2.18. The topological polar surface area (TPSA) is 44.9 Å². The summed E-state index contributed by atoms with van der Waals surface area (Å²) in [7, 11) is 0. The summed E-state index contributed by atoms with van der Waals surface area (Å²) in [6.07, 6.45) is 3.44. The maximum atomic E-state index is 12.6. The number of carbonyl (C=O) groups excluding carboxylic acids is 1. The van der Waals surface area contributed by atoms with Crippen molar-refractivity contribution in [3.8, 4) is 0 Å². The molecule has 2 aromatic carbocycles. The number of carbonyl (C=O) groups is 1. The van der Waals surface area contributed by atoms with Gasteiger partial charge in [-0.3, -0.25) is 4.79 Å². The van der Waals surface area contributed by atoms with Crippen LogP contribution in [0.15, 0.2) is 42.5 Å². The summed E-state index contributed by atoms with van der Waals surface area (Å²) in [5.41, 5.74) is 6.54. The first-order valence-electron chi connectivity index (χ1n) is 8.62. The molecule has 122 valence electrons. The van der Waals surface area contributed by atoms with Gasteiger partial charge in [0.2, 0.25) is 0 Å². The minimum Gasteiger partial charge on any atom is -0.358 e. The molecule has 4 rings (SSSR count). The smallest absolute Gasteiger partial charge is 0.255 e. The first-order valence-corrected chi connectivity index (χ1v) is 8.62. The number of anilines is 1. The molecule has 2 N–H and O–H groups in total. The maximum Gasteiger partial charge on any atom is 0.255 e. The second-order valence-electron chi connectivity index (χ2n) is 6.96. The van der Waals surface area contributed by atoms with Crippen LogP contribution in [0.25, 0.3) is 10.9 Å². The highest BCUT2D eigenvalue weighted by molar-refractivity contribution is 6.07. The summed E-state index contributed by atoms with van der Waals surface area (Å²) < 4.78 is 0. The second kappa shape index (κ2) is 5.82. The van der Waals surface area contributed by atoms with Crippen molar-refractivity contribution in [2.45, 2.75) is 33.1 Å². The molecule has 1 heterocycles. The van der Waals surface area contributed by atoms with Crippen LogP contribution in [0.3, 0.4) is 0 Å². The van der Waals surface area contributed by atoms with Crippen molar-refractivity contribution in [1.82, 2.24) is 4.98 Å². The normalized spacial score (nSPS) is 16.8. The van der Waals surface area contributed by atoms with Gasteiger partial charge in [-0.05, 0) is 67.5 Å². The van der Waals surface area contributed by atoms with Crippen LogP contribution in [-0.4, -0.2) is 10.9 Å². The summed E-state index contributed by atoms with van der Waals surface area (Å²) in [4.78, 5) is 16.2. The number of benzene rings is 2. The molecule has 0 saturated carbocycles. The minimum absolute atomic E-state index is 0.0509. The summed E-state index contributed by atoms with van der Waals surface area (Å²) in [6.45, 7) is 4.30. The molecule has 1 aliphatic rings. The number of amides is 1. The van der Waals surface area contributed by atoms with Gasteiger partial charge in [-0.2, -0.15) is 0 Å². The number of aryl methyl sites for hydroxylation is 2. The van der Waals surface area contributed by atoms with E-state index in [1.165, 1.54) is 23.1 Å². The van der Waals surface area contributed by atoms with Crippen molar-refractivity contribution in [2.24, 2.45) is 5.92 Å². The second-order valence-corrected chi connectivity index (χ2v) is 6.96. The number of hydrogen-bond acceptors (Lipinski definition) is 1. The lowest BCUT2D eigenvalue weighted by molar-refractivity contribution is 0.102. The van der Waals surface area contributed by atoms with Gasteiger partial charge in [0.1, 0.15) is 0 Å². The van der Waals surface area contributed by atoms with Gasteiger partial charge in [0, 0.05) is 27.8 Å². The van der Waals surface area contributed by atoms with E-state index < -0.39 is 0 Å². The van der Waals surface area contributed by atoms with E-state index in [2.05, 4.69) is 17.2 Å². The molecule has 0 fully saturated rings. The minimum atomic E-state index is -0.0509. The van der Waals surface area contributed by atoms with E-state index in [1.807, 2.05) is 49.4 Å². The zero-order valence-corrected chi connectivity index (χ0v) is 14.1. The van der Waals surface area contributed by atoms with Crippen molar-refractivity contribution in [2.75, 3.05) is 5.32 Å². The van der Waals surface area contributed by atoms with Gasteiger partial charge in [0.05, 0.1) is 0 Å². The number of hydrogen-bond donors (Lipinski definition) is 2. The highest BCUT2D eigenvalue weighted by atomic mass is 16.1. The maximum absolute atomic E-state index is 12.6. The Morgan fingerprint density at radius 2 is 2.04 bits per heavy atom. The number of H-pyrrole nitrogens is 1. The Morgan fingerprint density at radius 3 is 2.88 bits per heavy atom. The van der Waals surface area contributed by atoms with Crippen LogP contribution in [0.1, 0.15) is 40.5 Å². The molecule has 0 saturated heterocycles. The lowest BCUT2D eigenvalue weighted by atomic mass is 9.87. The Morgan fingerprint density at radius 1 is 1.21 bits per heavy atom. The third-order valence-electron chi connectivity index (χ3n) is 5.09. The Kier molecular flexibility index (Phi) is 3.64. The van der Waals surface area contributed by atoms with Crippen LogP contribution < -0.4 is 5.32 Å². The SMILES string of the molecule is Cc1ccccc1NC(=O)c1ccc2[nH]c3c(c2c1)C[C@@H](C)CC3. The largest absolute Gasteiger partial charge is 0.358 e. The predicted molar refractivity (Wildman–Crippen MR) is 98.6 cm³/mol. The summed E-state index contributed by atoms with van der Waals surface area (Å²) in [6, 6.07) is 13.8. The van der Waals surface area contributed by atoms with E-state index in [1.54, 1.807) is 0 Å². The molecule has 1 atom stereocenters. The van der Waals surface area contributed by atoms with Crippen molar-refractivity contribution < 1.29 is 4.79 Å². The van der Waals surface area contributed by atoms with Crippen molar-refractivity contribution in [3.05, 3.63) is 64.8 Å². The molecule has 0 aliphatic heterocycles. The van der Waals surface area contributed by atoms with Crippen molar-refractivity contribution in [1.29, 1.82) is 0 Å². The molecule has 0 unspecified atom stereocenters. The third-order valence-corrected chi connectivity index (χ3v) is 5.09. The van der Waals surface area contributed by atoms with Gasteiger partial charge in [0.25, 0.3) is 5.91 Å². The fourth-order valence-electron chi connectivity index (χ4n) is 3.64. The first-order chi connectivity index (χ1) is 11.6. The molecule has 24 heavy (non-hydrogen) atoms. The van der Waals surface area contributed by atoms with E-state index in [4.69, 9.17) is 0 Å². The van der Waals surface area contributed by atoms with E-state index in [-0.39, 0.29) is 5.91 Å². The molecule has 0 radical (unpaired) electrons. The van der Waals surface area contributed by atoms with Crippen LogP contribution in [0.2, 0.25) is 0 Å². The quantitative estimate of drug-likeness (QED) is 0.697. The number of nitrogens with one attached hydrogen (secondary N) is 2. The molecule has 1 amide bonds. The number of aromatic amines is 1. The van der Waals surface area contributed by atoms with Crippen LogP contribution >= 0.6 is 0 Å². The number of rotatable bonds is 2. The van der Waals surface area contributed by atoms with Gasteiger partial charge >= 0.3 is 0 Å². The number of para-hydroxylation sites is 1. The highest BCUT2D eigenvalue weighted by Crippen LogP contribution is 2.32. The van der Waals surface area contributed by atoms with Crippen LogP contribution in [0, 0.1) is 12.8 Å². The first kappa shape index (κ1) is 15.0. The zero-order valence-electron chi connectivity index (χ0n) is 14.1. The van der Waals surface area contributed by atoms with Crippen LogP contribution in [-0.2, 0) is 12.8 Å². The fraction of sp³-hybridized carbons (Fsp3) is 0.286. The molecule has 0 spiro atoms. The Labute approximate surface area is 142 Å². The molecule has 1 aromatic heterocycles. The summed E-state index contributed by atoms with van der Waals surface area (Å²) >= 11 is 0. The lowest BCUT2D eigenvalue weighted by Crippen LogP contribution is -2.13. The Hall–Kier alpha value is -2.55. The van der Waals surface area contributed by atoms with Crippen molar-refractivity contribution in [3.63, 3.8) is 0 Å². The standard InChI is InChI=1S/C21H22N2O/c1-13-7-9-19-16(11-13)17-12-15(8-10-20(17)22-19)21(24)23-18-6-4-3-5-14(18)2/h3-6,8,10,12-13,22H,7,9,11H2,1-2H3,(H,23,24)/t13-/m0/s1.